The maximum atomic E-state index is 13.6. The van der Waals surface area contributed by atoms with Gasteiger partial charge in [-0.05, 0) is 49.4 Å². The molecule has 0 N–H and O–H groups in total. The number of nitrogens with zero attached hydrogens (tertiary/aromatic N) is 2. The van der Waals surface area contributed by atoms with Gasteiger partial charge in [-0.15, -0.1) is 11.3 Å². The van der Waals surface area contributed by atoms with Gasteiger partial charge in [0, 0.05) is 12.3 Å². The molecule has 0 saturated heterocycles. The molecule has 0 fully saturated rings. The van der Waals surface area contributed by atoms with Gasteiger partial charge < -0.3 is 4.74 Å². The molecule has 0 atom stereocenters. The van der Waals surface area contributed by atoms with E-state index < -0.39 is 5.97 Å². The first kappa shape index (κ1) is 23.3. The van der Waals surface area contributed by atoms with Gasteiger partial charge in [0.25, 0.3) is 5.56 Å². The van der Waals surface area contributed by atoms with Gasteiger partial charge in [-0.25, -0.2) is 9.78 Å². The Morgan fingerprint density at radius 1 is 1.09 bits per heavy atom. The summed E-state index contributed by atoms with van der Waals surface area (Å²) in [7, 11) is 0. The third kappa shape index (κ3) is 5.04. The number of carbonyl (C=O) groups excluding carboxylic acids is 1. The summed E-state index contributed by atoms with van der Waals surface area (Å²) in [4.78, 5) is 31.9. The molecule has 0 saturated carbocycles. The molecule has 4 aromatic rings. The number of hydrogen-bond donors (Lipinski definition) is 0. The van der Waals surface area contributed by atoms with E-state index in [1.54, 1.807) is 30.2 Å². The third-order valence-corrected chi connectivity index (χ3v) is 7.75. The van der Waals surface area contributed by atoms with Gasteiger partial charge in [-0.1, -0.05) is 66.4 Å². The third-order valence-electron chi connectivity index (χ3n) is 5.56. The fraction of sp³-hybridized carbons (Fsp3) is 0.269. The number of aryl methyl sites for hydroxylation is 3. The van der Waals surface area contributed by atoms with Crippen molar-refractivity contribution in [1.29, 1.82) is 0 Å². The topological polar surface area (TPSA) is 61.2 Å². The maximum Gasteiger partial charge on any atom is 0.348 e. The van der Waals surface area contributed by atoms with Crippen molar-refractivity contribution in [2.45, 2.75) is 44.6 Å². The number of thiophene rings is 1. The Labute approximate surface area is 201 Å². The quantitative estimate of drug-likeness (QED) is 0.182. The van der Waals surface area contributed by atoms with E-state index in [2.05, 4.69) is 31.2 Å². The van der Waals surface area contributed by atoms with Gasteiger partial charge in [-0.2, -0.15) is 0 Å². The predicted octanol–water partition coefficient (Wildman–Crippen LogP) is 5.79. The summed E-state index contributed by atoms with van der Waals surface area (Å²) < 4.78 is 6.95. The van der Waals surface area contributed by atoms with E-state index in [1.165, 1.54) is 22.5 Å². The molecule has 0 aliphatic carbocycles. The Balaban J connectivity index is 1.76. The Kier molecular flexibility index (Phi) is 7.30. The number of ether oxygens (including phenoxy) is 1. The van der Waals surface area contributed by atoms with Crippen molar-refractivity contribution in [3.63, 3.8) is 0 Å². The van der Waals surface area contributed by atoms with Crippen molar-refractivity contribution in [2.24, 2.45) is 0 Å². The lowest BCUT2D eigenvalue weighted by Gasteiger charge is -2.13. The van der Waals surface area contributed by atoms with Crippen LogP contribution in [0.3, 0.4) is 0 Å². The van der Waals surface area contributed by atoms with Crippen molar-refractivity contribution in [1.82, 2.24) is 9.55 Å². The standard InChI is InChI=1S/C26H26N2O3S2/c1-4-31-25(30)22-18(3)21-23(33-22)27-26(32-16-20-13-9-8-10-17(20)2)28(24(21)29)15-14-19-11-6-5-7-12-19/h5-13H,4,14-16H2,1-3H3. The van der Waals surface area contributed by atoms with Crippen LogP contribution in [0, 0.1) is 13.8 Å². The van der Waals surface area contributed by atoms with Crippen molar-refractivity contribution in [3.05, 3.63) is 92.1 Å². The SMILES string of the molecule is CCOC(=O)c1sc2nc(SCc3ccccc3C)n(CCc3ccccc3)c(=O)c2c1C. The minimum absolute atomic E-state index is 0.104. The van der Waals surface area contributed by atoms with Crippen molar-refractivity contribution in [3.8, 4) is 0 Å². The van der Waals surface area contributed by atoms with Crippen LogP contribution in [0.4, 0.5) is 0 Å². The number of rotatable bonds is 8. The van der Waals surface area contributed by atoms with Gasteiger partial charge >= 0.3 is 5.97 Å². The van der Waals surface area contributed by atoms with Gasteiger partial charge in [0.2, 0.25) is 0 Å². The van der Waals surface area contributed by atoms with E-state index in [0.29, 0.717) is 44.7 Å². The molecular weight excluding hydrogens is 452 g/mol. The smallest absolute Gasteiger partial charge is 0.348 e. The molecule has 4 rings (SSSR count). The lowest BCUT2D eigenvalue weighted by atomic mass is 10.1. The van der Waals surface area contributed by atoms with Crippen LogP contribution in [0.1, 0.15) is 38.8 Å². The van der Waals surface area contributed by atoms with E-state index in [4.69, 9.17) is 9.72 Å². The zero-order valence-electron chi connectivity index (χ0n) is 19.0. The van der Waals surface area contributed by atoms with Crippen LogP contribution in [0.25, 0.3) is 10.2 Å². The fourth-order valence-electron chi connectivity index (χ4n) is 3.70. The molecule has 2 aromatic heterocycles. The molecule has 0 amide bonds. The summed E-state index contributed by atoms with van der Waals surface area (Å²) in [6, 6.07) is 18.3. The van der Waals surface area contributed by atoms with Crippen molar-refractivity contribution in [2.75, 3.05) is 6.61 Å². The van der Waals surface area contributed by atoms with Crippen LogP contribution in [-0.2, 0) is 23.5 Å². The Bertz CT molecular complexity index is 1340. The lowest BCUT2D eigenvalue weighted by molar-refractivity contribution is 0.0531. The average Bonchev–Trinajstić information content (AvgIpc) is 3.15. The summed E-state index contributed by atoms with van der Waals surface area (Å²) >= 11 is 2.79. The molecule has 0 spiro atoms. The van der Waals surface area contributed by atoms with Gasteiger partial charge in [0.1, 0.15) is 9.71 Å². The second kappa shape index (κ2) is 10.4. The first-order valence-corrected chi connectivity index (χ1v) is 12.7. The molecule has 2 aromatic carbocycles. The first-order valence-electron chi connectivity index (χ1n) is 10.9. The van der Waals surface area contributed by atoms with Gasteiger partial charge in [0.05, 0.1) is 12.0 Å². The largest absolute Gasteiger partial charge is 0.462 e. The summed E-state index contributed by atoms with van der Waals surface area (Å²) in [5, 5.41) is 1.18. The highest BCUT2D eigenvalue weighted by Crippen LogP contribution is 2.31. The number of carbonyl (C=O) groups is 1. The average molecular weight is 479 g/mol. The maximum absolute atomic E-state index is 13.6. The van der Waals surface area contributed by atoms with Crippen LogP contribution in [0.5, 0.6) is 0 Å². The number of benzene rings is 2. The summed E-state index contributed by atoms with van der Waals surface area (Å²) in [5.74, 6) is 0.313. The molecule has 0 radical (unpaired) electrons. The zero-order valence-corrected chi connectivity index (χ0v) is 20.6. The van der Waals surface area contributed by atoms with E-state index in [-0.39, 0.29) is 5.56 Å². The Morgan fingerprint density at radius 3 is 2.55 bits per heavy atom. The van der Waals surface area contributed by atoms with Gasteiger partial charge in [-0.3, -0.25) is 9.36 Å². The highest BCUT2D eigenvalue weighted by Gasteiger charge is 2.22. The van der Waals surface area contributed by atoms with E-state index in [9.17, 15) is 9.59 Å². The second-order valence-electron chi connectivity index (χ2n) is 7.76. The van der Waals surface area contributed by atoms with Crippen molar-refractivity contribution >= 4 is 39.3 Å². The van der Waals surface area contributed by atoms with Gasteiger partial charge in [0.15, 0.2) is 5.16 Å². The molecule has 170 valence electrons. The molecule has 7 heteroatoms. The molecule has 0 aliphatic rings. The van der Waals surface area contributed by atoms with E-state index >= 15 is 0 Å². The van der Waals surface area contributed by atoms with Crippen LogP contribution >= 0.6 is 23.1 Å². The van der Waals surface area contributed by atoms with Crippen molar-refractivity contribution < 1.29 is 9.53 Å². The van der Waals surface area contributed by atoms with Crippen LogP contribution in [0.2, 0.25) is 0 Å². The van der Waals surface area contributed by atoms with Crippen LogP contribution < -0.4 is 5.56 Å². The minimum Gasteiger partial charge on any atom is -0.462 e. The van der Waals surface area contributed by atoms with Crippen LogP contribution in [-0.4, -0.2) is 22.1 Å². The summed E-state index contributed by atoms with van der Waals surface area (Å²) in [5.41, 5.74) is 4.12. The number of hydrogen-bond acceptors (Lipinski definition) is 6. The molecule has 0 bridgehead atoms. The van der Waals surface area contributed by atoms with E-state index in [0.717, 1.165) is 12.0 Å². The Hall–Kier alpha value is -2.90. The zero-order chi connectivity index (χ0) is 23.4. The second-order valence-corrected chi connectivity index (χ2v) is 9.70. The normalized spacial score (nSPS) is 11.1. The Morgan fingerprint density at radius 2 is 1.82 bits per heavy atom. The summed E-state index contributed by atoms with van der Waals surface area (Å²) in [6.07, 6.45) is 0.722. The number of fused-ring (bicyclic) bond motifs is 1. The lowest BCUT2D eigenvalue weighted by Crippen LogP contribution is -2.24. The number of thioether (sulfide) groups is 1. The highest BCUT2D eigenvalue weighted by molar-refractivity contribution is 7.98. The van der Waals surface area contributed by atoms with E-state index in [1.807, 2.05) is 30.3 Å². The molecule has 2 heterocycles. The highest BCUT2D eigenvalue weighted by atomic mass is 32.2. The predicted molar refractivity (Wildman–Crippen MR) is 135 cm³/mol. The minimum atomic E-state index is -0.401. The summed E-state index contributed by atoms with van der Waals surface area (Å²) in [6.45, 7) is 6.47. The number of aromatic nitrogens is 2. The fourth-order valence-corrected chi connectivity index (χ4v) is 5.91. The monoisotopic (exact) mass is 478 g/mol. The molecule has 0 unspecified atom stereocenters. The number of esters is 1. The molecule has 0 aliphatic heterocycles. The van der Waals surface area contributed by atoms with Crippen LogP contribution in [0.15, 0.2) is 64.5 Å². The molecular formula is C26H26N2O3S2. The first-order chi connectivity index (χ1) is 16.0. The molecule has 5 nitrogen and oxygen atoms in total. The molecule has 33 heavy (non-hydrogen) atoms.